The fourth-order valence-corrected chi connectivity index (χ4v) is 3.06. The lowest BCUT2D eigenvalue weighted by atomic mass is 10.0. The van der Waals surface area contributed by atoms with Crippen LogP contribution in [0.3, 0.4) is 0 Å². The van der Waals surface area contributed by atoms with Crippen molar-refractivity contribution in [3.63, 3.8) is 0 Å². The van der Waals surface area contributed by atoms with Gasteiger partial charge in [0.2, 0.25) is 0 Å². The van der Waals surface area contributed by atoms with E-state index in [0.717, 1.165) is 32.1 Å². The molecule has 0 unspecified atom stereocenters. The molecule has 26 heavy (non-hydrogen) atoms. The molecule has 1 fully saturated rings. The van der Waals surface area contributed by atoms with Crippen LogP contribution in [0.15, 0.2) is 30.3 Å². The summed E-state index contributed by atoms with van der Waals surface area (Å²) in [4.78, 5) is 26.3. The van der Waals surface area contributed by atoms with Gasteiger partial charge >= 0.3 is 12.1 Å². The monoisotopic (exact) mass is 361 g/mol. The summed E-state index contributed by atoms with van der Waals surface area (Å²) in [5.41, 5.74) is 0.725. The quantitative estimate of drug-likeness (QED) is 0.559. The van der Waals surface area contributed by atoms with Gasteiger partial charge in [-0.05, 0) is 64.9 Å². The summed E-state index contributed by atoms with van der Waals surface area (Å²) in [5, 5.41) is 0. The number of benzene rings is 1. The van der Waals surface area contributed by atoms with E-state index in [1.165, 1.54) is 10.5 Å². The third-order valence-corrected chi connectivity index (χ3v) is 4.35. The lowest BCUT2D eigenvalue weighted by molar-refractivity contribution is -0.151. The van der Waals surface area contributed by atoms with Crippen LogP contribution < -0.4 is 0 Å². The van der Waals surface area contributed by atoms with Gasteiger partial charge in [0.05, 0.1) is 6.61 Å². The Morgan fingerprint density at radius 2 is 1.85 bits per heavy atom. The van der Waals surface area contributed by atoms with Crippen molar-refractivity contribution in [2.24, 2.45) is 0 Å². The molecule has 0 bridgehead atoms. The highest BCUT2D eigenvalue weighted by atomic mass is 16.6. The number of piperidine rings is 1. The van der Waals surface area contributed by atoms with Crippen LogP contribution in [0.5, 0.6) is 0 Å². The number of esters is 1. The van der Waals surface area contributed by atoms with E-state index in [1.54, 1.807) is 0 Å². The van der Waals surface area contributed by atoms with Gasteiger partial charge in [0.15, 0.2) is 0 Å². The largest absolute Gasteiger partial charge is 0.464 e. The molecule has 0 saturated carbocycles. The van der Waals surface area contributed by atoms with E-state index in [-0.39, 0.29) is 5.97 Å². The Labute approximate surface area is 156 Å². The molecule has 144 valence electrons. The molecule has 0 spiro atoms. The van der Waals surface area contributed by atoms with E-state index in [4.69, 9.17) is 9.47 Å². The second kappa shape index (κ2) is 9.60. The number of ether oxygens (including phenoxy) is 2. The van der Waals surface area contributed by atoms with Gasteiger partial charge in [0.1, 0.15) is 11.6 Å². The highest BCUT2D eigenvalue weighted by Gasteiger charge is 2.35. The molecule has 0 aromatic heterocycles. The molecule has 1 aromatic carbocycles. The minimum absolute atomic E-state index is 0.310. The van der Waals surface area contributed by atoms with E-state index in [9.17, 15) is 9.59 Å². The van der Waals surface area contributed by atoms with Crippen molar-refractivity contribution in [2.45, 2.75) is 70.9 Å². The number of amides is 1. The van der Waals surface area contributed by atoms with Gasteiger partial charge in [-0.2, -0.15) is 0 Å². The maximum absolute atomic E-state index is 12.4. The highest BCUT2D eigenvalue weighted by molar-refractivity contribution is 5.81. The minimum atomic E-state index is -0.569. The second-order valence-electron chi connectivity index (χ2n) is 7.80. The molecule has 5 heteroatoms. The summed E-state index contributed by atoms with van der Waals surface area (Å²) >= 11 is 0. The summed E-state index contributed by atoms with van der Waals surface area (Å²) < 4.78 is 10.9. The highest BCUT2D eigenvalue weighted by Crippen LogP contribution is 2.21. The molecule has 0 N–H and O–H groups in total. The van der Waals surface area contributed by atoms with Crippen molar-refractivity contribution in [1.82, 2.24) is 4.90 Å². The number of likely N-dealkylation sites (tertiary alicyclic amines) is 1. The fourth-order valence-electron chi connectivity index (χ4n) is 3.06. The Hall–Kier alpha value is -2.04. The van der Waals surface area contributed by atoms with Crippen molar-refractivity contribution >= 4 is 12.1 Å². The van der Waals surface area contributed by atoms with Crippen molar-refractivity contribution in [3.8, 4) is 0 Å². The Morgan fingerprint density at radius 1 is 1.12 bits per heavy atom. The van der Waals surface area contributed by atoms with Crippen LogP contribution >= 0.6 is 0 Å². The molecule has 1 heterocycles. The molecule has 1 aromatic rings. The summed E-state index contributed by atoms with van der Waals surface area (Å²) in [5.74, 6) is -0.310. The van der Waals surface area contributed by atoms with Gasteiger partial charge in [-0.3, -0.25) is 4.90 Å². The Morgan fingerprint density at radius 3 is 2.54 bits per heavy atom. The number of carbonyl (C=O) groups is 2. The van der Waals surface area contributed by atoms with Gasteiger partial charge < -0.3 is 9.47 Å². The molecular weight excluding hydrogens is 330 g/mol. The first kappa shape index (κ1) is 20.3. The summed E-state index contributed by atoms with van der Waals surface area (Å²) in [6.07, 6.45) is 4.79. The molecule has 1 aliphatic heterocycles. The maximum atomic E-state index is 12.4. The summed E-state index contributed by atoms with van der Waals surface area (Å²) in [7, 11) is 0. The van der Waals surface area contributed by atoms with Gasteiger partial charge in [-0.25, -0.2) is 9.59 Å². The first-order valence-electron chi connectivity index (χ1n) is 9.57. The Balaban J connectivity index is 1.76. The zero-order chi connectivity index (χ0) is 19.0. The normalized spacial score (nSPS) is 17.7. The Kier molecular flexibility index (Phi) is 7.49. The average molecular weight is 361 g/mol. The van der Waals surface area contributed by atoms with Gasteiger partial charge in [-0.1, -0.05) is 30.3 Å². The molecule has 1 aliphatic rings. The van der Waals surface area contributed by atoms with Crippen LogP contribution in [0.4, 0.5) is 4.79 Å². The first-order chi connectivity index (χ1) is 12.4. The lowest BCUT2D eigenvalue weighted by Crippen LogP contribution is -2.50. The predicted molar refractivity (Wildman–Crippen MR) is 101 cm³/mol. The average Bonchev–Trinajstić information content (AvgIpc) is 2.60. The van der Waals surface area contributed by atoms with Crippen molar-refractivity contribution < 1.29 is 19.1 Å². The topological polar surface area (TPSA) is 55.8 Å². The third-order valence-electron chi connectivity index (χ3n) is 4.35. The maximum Gasteiger partial charge on any atom is 0.411 e. The number of carbonyl (C=O) groups excluding carboxylic acids is 2. The van der Waals surface area contributed by atoms with Gasteiger partial charge in [-0.15, -0.1) is 0 Å². The molecular formula is C21H31NO4. The molecule has 0 aliphatic carbocycles. The van der Waals surface area contributed by atoms with Crippen LogP contribution in [0.25, 0.3) is 0 Å². The van der Waals surface area contributed by atoms with Crippen LogP contribution in [0.1, 0.15) is 58.4 Å². The van der Waals surface area contributed by atoms with Gasteiger partial charge in [0.25, 0.3) is 0 Å². The summed E-state index contributed by atoms with van der Waals surface area (Å²) in [6, 6.07) is 9.76. The van der Waals surface area contributed by atoms with Crippen molar-refractivity contribution in [2.75, 3.05) is 13.2 Å². The Bertz CT molecular complexity index is 579. The minimum Gasteiger partial charge on any atom is -0.464 e. The van der Waals surface area contributed by atoms with E-state index >= 15 is 0 Å². The number of hydrogen-bond acceptors (Lipinski definition) is 4. The van der Waals surface area contributed by atoms with Crippen LogP contribution in [-0.2, 0) is 20.7 Å². The zero-order valence-electron chi connectivity index (χ0n) is 16.2. The van der Waals surface area contributed by atoms with E-state index in [0.29, 0.717) is 19.6 Å². The first-order valence-corrected chi connectivity index (χ1v) is 9.57. The number of aryl methyl sites for hydroxylation is 1. The predicted octanol–water partition coefficient (Wildman–Crippen LogP) is 4.34. The van der Waals surface area contributed by atoms with Crippen LogP contribution in [0.2, 0.25) is 0 Å². The SMILES string of the molecule is CC(C)(C)OC(=O)N1CCCC[C@H]1C(=O)OCCCCc1ccccc1. The van der Waals surface area contributed by atoms with E-state index in [1.807, 2.05) is 39.0 Å². The number of rotatable bonds is 6. The number of hydrogen-bond donors (Lipinski definition) is 0. The molecule has 1 atom stereocenters. The number of unbranched alkanes of at least 4 members (excludes halogenated alkanes) is 1. The molecule has 1 saturated heterocycles. The third kappa shape index (κ3) is 6.70. The van der Waals surface area contributed by atoms with E-state index < -0.39 is 17.7 Å². The van der Waals surface area contributed by atoms with Crippen LogP contribution in [-0.4, -0.2) is 41.8 Å². The molecule has 2 rings (SSSR count). The molecule has 1 amide bonds. The number of nitrogens with zero attached hydrogens (tertiary/aromatic N) is 1. The van der Waals surface area contributed by atoms with Gasteiger partial charge in [0, 0.05) is 6.54 Å². The smallest absolute Gasteiger partial charge is 0.411 e. The molecule has 0 radical (unpaired) electrons. The van der Waals surface area contributed by atoms with Crippen LogP contribution in [0, 0.1) is 0 Å². The summed E-state index contributed by atoms with van der Waals surface area (Å²) in [6.45, 7) is 6.42. The fraction of sp³-hybridized carbons (Fsp3) is 0.619. The van der Waals surface area contributed by atoms with Crippen molar-refractivity contribution in [1.29, 1.82) is 0 Å². The molecule has 5 nitrogen and oxygen atoms in total. The van der Waals surface area contributed by atoms with Crippen molar-refractivity contribution in [3.05, 3.63) is 35.9 Å². The standard InChI is InChI=1S/C21H31NO4/c1-21(2,3)26-20(24)22-15-9-7-14-18(22)19(23)25-16-10-8-13-17-11-5-4-6-12-17/h4-6,11-12,18H,7-10,13-16H2,1-3H3/t18-/m0/s1. The second-order valence-corrected chi connectivity index (χ2v) is 7.80. The zero-order valence-corrected chi connectivity index (χ0v) is 16.2. The van der Waals surface area contributed by atoms with E-state index in [2.05, 4.69) is 12.1 Å². The lowest BCUT2D eigenvalue weighted by Gasteiger charge is -2.35.